The first kappa shape index (κ1) is 20.1. The van der Waals surface area contributed by atoms with Crippen LogP contribution in [0.2, 0.25) is 5.02 Å². The number of aromatic nitrogens is 4. The van der Waals surface area contributed by atoms with Gasteiger partial charge in [-0.15, -0.1) is 0 Å². The number of hydrogen-bond donors (Lipinski definition) is 1. The van der Waals surface area contributed by atoms with E-state index in [0.717, 1.165) is 59.1 Å². The number of fused-ring (bicyclic) bond motifs is 1. The van der Waals surface area contributed by atoms with Crippen LogP contribution in [0.25, 0.3) is 16.6 Å². The Labute approximate surface area is 181 Å². The van der Waals surface area contributed by atoms with Gasteiger partial charge in [0, 0.05) is 34.9 Å². The molecule has 152 valence electrons. The minimum absolute atomic E-state index is 0.228. The number of carbonyl (C=O) groups is 1. The summed E-state index contributed by atoms with van der Waals surface area (Å²) in [4.78, 5) is 22.1. The van der Waals surface area contributed by atoms with Gasteiger partial charge >= 0.3 is 5.97 Å². The first-order valence-corrected chi connectivity index (χ1v) is 10.8. The SMILES string of the molecule is O=C(O)CCCC[C@@H]1CCCN1c1cc(-n2cncn2)c2cc(Cl)c(Br)cc2n1. The fourth-order valence-electron chi connectivity index (χ4n) is 3.95. The van der Waals surface area contributed by atoms with E-state index in [1.165, 1.54) is 6.33 Å². The van der Waals surface area contributed by atoms with E-state index in [4.69, 9.17) is 21.7 Å². The van der Waals surface area contributed by atoms with E-state index in [1.54, 1.807) is 11.0 Å². The molecule has 0 amide bonds. The Balaban J connectivity index is 1.68. The monoisotopic (exact) mass is 477 g/mol. The van der Waals surface area contributed by atoms with E-state index >= 15 is 0 Å². The van der Waals surface area contributed by atoms with Crippen molar-refractivity contribution < 1.29 is 9.90 Å². The lowest BCUT2D eigenvalue weighted by Gasteiger charge is -2.27. The van der Waals surface area contributed by atoms with Crippen LogP contribution in [-0.4, -0.2) is 43.4 Å². The quantitative estimate of drug-likeness (QED) is 0.489. The van der Waals surface area contributed by atoms with Gasteiger partial charge in [0.05, 0.1) is 16.2 Å². The molecule has 1 aromatic carbocycles. The zero-order chi connectivity index (χ0) is 20.4. The van der Waals surface area contributed by atoms with Crippen LogP contribution in [0, 0.1) is 0 Å². The van der Waals surface area contributed by atoms with Gasteiger partial charge in [-0.2, -0.15) is 5.10 Å². The molecule has 0 unspecified atom stereocenters. The topological polar surface area (TPSA) is 84.1 Å². The van der Waals surface area contributed by atoms with Crippen LogP contribution in [0.3, 0.4) is 0 Å². The second kappa shape index (κ2) is 8.67. The van der Waals surface area contributed by atoms with Gasteiger partial charge in [-0.05, 0) is 53.7 Å². The van der Waals surface area contributed by atoms with Crippen LogP contribution in [-0.2, 0) is 4.79 Å². The van der Waals surface area contributed by atoms with Crippen molar-refractivity contribution >= 4 is 50.2 Å². The first-order chi connectivity index (χ1) is 14.0. The molecule has 3 aromatic rings. The fourth-order valence-corrected chi connectivity index (χ4v) is 4.45. The third kappa shape index (κ3) is 4.38. The number of hydrogen-bond acceptors (Lipinski definition) is 5. The lowest BCUT2D eigenvalue weighted by atomic mass is 10.1. The predicted molar refractivity (Wildman–Crippen MR) is 116 cm³/mol. The second-order valence-electron chi connectivity index (χ2n) is 7.25. The molecule has 4 rings (SSSR count). The maximum atomic E-state index is 10.8. The number of carboxylic acid groups (broad SMARTS) is 1. The molecule has 7 nitrogen and oxygen atoms in total. The average Bonchev–Trinajstić information content (AvgIpc) is 3.37. The van der Waals surface area contributed by atoms with Crippen LogP contribution in [0.4, 0.5) is 5.82 Å². The van der Waals surface area contributed by atoms with Gasteiger partial charge in [-0.25, -0.2) is 14.6 Å². The minimum atomic E-state index is -0.730. The minimum Gasteiger partial charge on any atom is -0.481 e. The maximum Gasteiger partial charge on any atom is 0.303 e. The molecule has 0 radical (unpaired) electrons. The maximum absolute atomic E-state index is 10.8. The van der Waals surface area contributed by atoms with Crippen molar-refractivity contribution in [1.82, 2.24) is 19.7 Å². The molecule has 0 aliphatic carbocycles. The Kier molecular flexibility index (Phi) is 6.01. The molecule has 29 heavy (non-hydrogen) atoms. The Morgan fingerprint density at radius 1 is 1.31 bits per heavy atom. The number of halogens is 2. The summed E-state index contributed by atoms with van der Waals surface area (Å²) in [5, 5.41) is 14.7. The van der Waals surface area contributed by atoms with Crippen molar-refractivity contribution in [3.63, 3.8) is 0 Å². The van der Waals surface area contributed by atoms with Gasteiger partial charge < -0.3 is 10.0 Å². The van der Waals surface area contributed by atoms with Gasteiger partial charge in [0.1, 0.15) is 18.5 Å². The summed E-state index contributed by atoms with van der Waals surface area (Å²) in [6, 6.07) is 6.23. The Hall–Kier alpha value is -2.19. The third-order valence-corrected chi connectivity index (χ3v) is 6.53. The molecule has 1 atom stereocenters. The van der Waals surface area contributed by atoms with E-state index < -0.39 is 5.97 Å². The largest absolute Gasteiger partial charge is 0.481 e. The Morgan fingerprint density at radius 3 is 2.93 bits per heavy atom. The normalized spacial score (nSPS) is 16.6. The highest BCUT2D eigenvalue weighted by atomic mass is 79.9. The van der Waals surface area contributed by atoms with E-state index in [1.807, 2.05) is 18.2 Å². The number of pyridine rings is 1. The number of nitrogens with zero attached hydrogens (tertiary/aromatic N) is 5. The van der Waals surface area contributed by atoms with Crippen molar-refractivity contribution in [2.45, 2.75) is 44.6 Å². The predicted octanol–water partition coefficient (Wildman–Crippen LogP) is 4.85. The van der Waals surface area contributed by atoms with Crippen molar-refractivity contribution in [3.8, 4) is 5.69 Å². The zero-order valence-electron chi connectivity index (χ0n) is 15.8. The molecule has 2 aromatic heterocycles. The molecule has 0 bridgehead atoms. The summed E-state index contributed by atoms with van der Waals surface area (Å²) in [6.07, 6.45) is 8.18. The van der Waals surface area contributed by atoms with Gasteiger partial charge in [0.15, 0.2) is 0 Å². The first-order valence-electron chi connectivity index (χ1n) is 9.66. The van der Waals surface area contributed by atoms with Crippen molar-refractivity contribution in [2.24, 2.45) is 0 Å². The van der Waals surface area contributed by atoms with E-state index in [0.29, 0.717) is 17.5 Å². The average molecular weight is 479 g/mol. The summed E-state index contributed by atoms with van der Waals surface area (Å²) >= 11 is 9.83. The molecular formula is C20H21BrClN5O2. The number of carboxylic acids is 1. The van der Waals surface area contributed by atoms with Gasteiger partial charge in [0.25, 0.3) is 0 Å². The highest BCUT2D eigenvalue weighted by Gasteiger charge is 2.26. The molecular weight excluding hydrogens is 458 g/mol. The molecule has 1 aliphatic rings. The molecule has 1 aliphatic heterocycles. The molecule has 1 saturated heterocycles. The van der Waals surface area contributed by atoms with E-state index in [9.17, 15) is 4.79 Å². The van der Waals surface area contributed by atoms with Gasteiger partial charge in [-0.1, -0.05) is 18.0 Å². The molecule has 1 fully saturated rings. The summed E-state index contributed by atoms with van der Waals surface area (Å²) in [7, 11) is 0. The van der Waals surface area contributed by atoms with Crippen molar-refractivity contribution in [2.75, 3.05) is 11.4 Å². The highest BCUT2D eigenvalue weighted by molar-refractivity contribution is 9.10. The van der Waals surface area contributed by atoms with Crippen LogP contribution >= 0.6 is 27.5 Å². The van der Waals surface area contributed by atoms with Crippen LogP contribution < -0.4 is 4.90 Å². The number of anilines is 1. The lowest BCUT2D eigenvalue weighted by molar-refractivity contribution is -0.137. The zero-order valence-corrected chi connectivity index (χ0v) is 18.1. The number of unbranched alkanes of at least 4 members (excludes halogenated alkanes) is 1. The van der Waals surface area contributed by atoms with E-state index in [2.05, 4.69) is 30.9 Å². The van der Waals surface area contributed by atoms with E-state index in [-0.39, 0.29) is 6.42 Å². The van der Waals surface area contributed by atoms with Crippen molar-refractivity contribution in [3.05, 3.63) is 40.3 Å². The smallest absolute Gasteiger partial charge is 0.303 e. The Morgan fingerprint density at radius 2 is 2.17 bits per heavy atom. The van der Waals surface area contributed by atoms with Gasteiger partial charge in [-0.3, -0.25) is 4.79 Å². The number of aliphatic carboxylic acids is 1. The summed E-state index contributed by atoms with van der Waals surface area (Å²) in [5.41, 5.74) is 1.72. The molecule has 1 N–H and O–H groups in total. The van der Waals surface area contributed by atoms with Crippen molar-refractivity contribution in [1.29, 1.82) is 0 Å². The second-order valence-corrected chi connectivity index (χ2v) is 8.51. The summed E-state index contributed by atoms with van der Waals surface area (Å²) in [6.45, 7) is 0.938. The molecule has 0 saturated carbocycles. The van der Waals surface area contributed by atoms with Crippen LogP contribution in [0.5, 0.6) is 0 Å². The molecule has 3 heterocycles. The Bertz CT molecular complexity index is 1030. The third-order valence-electron chi connectivity index (χ3n) is 5.33. The fraction of sp³-hybridized carbons (Fsp3) is 0.400. The summed E-state index contributed by atoms with van der Waals surface area (Å²) < 4.78 is 2.53. The molecule has 0 spiro atoms. The standard InChI is InChI=1S/C20H21BrClN5O2/c21-15-9-17-14(8-16(15)22)18(27-12-23-11-24-27)10-19(25-17)26-7-3-5-13(26)4-1-2-6-20(28)29/h8-13H,1-7H2,(H,28,29)/t13-/m1/s1. The number of benzene rings is 1. The molecule has 9 heteroatoms. The van der Waals surface area contributed by atoms with Crippen LogP contribution in [0.1, 0.15) is 38.5 Å². The number of rotatable bonds is 7. The highest BCUT2D eigenvalue weighted by Crippen LogP contribution is 2.35. The lowest BCUT2D eigenvalue weighted by Crippen LogP contribution is -2.30. The van der Waals surface area contributed by atoms with Gasteiger partial charge in [0.2, 0.25) is 0 Å². The summed E-state index contributed by atoms with van der Waals surface area (Å²) in [5.74, 6) is 0.171. The van der Waals surface area contributed by atoms with Crippen LogP contribution in [0.15, 0.2) is 35.3 Å².